The second-order valence-electron chi connectivity index (χ2n) is 5.22. The minimum Gasteiger partial charge on any atom is -0.354 e. The highest BCUT2D eigenvalue weighted by Gasteiger charge is 2.13. The van der Waals surface area contributed by atoms with Gasteiger partial charge in [0.25, 0.3) is 0 Å². The predicted octanol–water partition coefficient (Wildman–Crippen LogP) is 2.78. The van der Waals surface area contributed by atoms with Gasteiger partial charge in [-0.15, -0.1) is 11.8 Å². The lowest BCUT2D eigenvalue weighted by atomic mass is 10.2. The molecule has 0 saturated heterocycles. The van der Waals surface area contributed by atoms with Crippen LogP contribution in [-0.2, 0) is 20.6 Å². The van der Waals surface area contributed by atoms with Gasteiger partial charge in [-0.25, -0.2) is 13.1 Å². The minimum absolute atomic E-state index is 0.163. The molecule has 0 saturated carbocycles. The Hall–Kier alpha value is -1.35. The zero-order valence-corrected chi connectivity index (χ0v) is 16.7. The molecular formula is C17H19BrN2O3S2. The van der Waals surface area contributed by atoms with Gasteiger partial charge in [-0.1, -0.05) is 46.3 Å². The Bertz CT molecular complexity index is 799. The Morgan fingerprint density at radius 1 is 1.08 bits per heavy atom. The maximum Gasteiger partial charge on any atom is 0.235 e. The summed E-state index contributed by atoms with van der Waals surface area (Å²) in [4.78, 5) is 12.9. The van der Waals surface area contributed by atoms with E-state index in [0.717, 1.165) is 15.1 Å². The molecule has 0 aromatic heterocycles. The molecular weight excluding hydrogens is 424 g/mol. The summed E-state index contributed by atoms with van der Waals surface area (Å²) in [6.07, 6.45) is 0. The molecule has 0 aliphatic heterocycles. The normalized spacial score (nSPS) is 11.2. The molecule has 2 aromatic carbocycles. The van der Waals surface area contributed by atoms with E-state index in [9.17, 15) is 13.2 Å². The SMILES string of the molecule is O=C(CNS(=O)(=O)Cc1cccc(Br)c1)NCCSc1ccccc1. The van der Waals surface area contributed by atoms with Gasteiger partial charge in [-0.05, 0) is 29.8 Å². The summed E-state index contributed by atoms with van der Waals surface area (Å²) in [5.74, 6) is 0.218. The molecule has 25 heavy (non-hydrogen) atoms. The maximum atomic E-state index is 12.0. The van der Waals surface area contributed by atoms with Crippen LogP contribution in [0.3, 0.4) is 0 Å². The van der Waals surface area contributed by atoms with Crippen LogP contribution in [0.4, 0.5) is 0 Å². The molecule has 2 aromatic rings. The van der Waals surface area contributed by atoms with E-state index in [2.05, 4.69) is 26.0 Å². The second kappa shape index (κ2) is 9.96. The first kappa shape index (κ1) is 20.0. The van der Waals surface area contributed by atoms with Crippen LogP contribution in [0.1, 0.15) is 5.56 Å². The molecule has 0 spiro atoms. The molecule has 0 aliphatic rings. The van der Waals surface area contributed by atoms with Crippen LogP contribution < -0.4 is 10.0 Å². The third-order valence-corrected chi connectivity index (χ3v) is 5.94. The van der Waals surface area contributed by atoms with Gasteiger partial charge in [0, 0.05) is 21.7 Å². The third kappa shape index (κ3) is 8.04. The van der Waals surface area contributed by atoms with Crippen molar-refractivity contribution in [2.24, 2.45) is 0 Å². The number of hydrogen-bond donors (Lipinski definition) is 2. The van der Waals surface area contributed by atoms with Gasteiger partial charge in [-0.3, -0.25) is 4.79 Å². The van der Waals surface area contributed by atoms with Crippen molar-refractivity contribution >= 4 is 43.6 Å². The molecule has 1 amide bonds. The molecule has 0 fully saturated rings. The van der Waals surface area contributed by atoms with Crippen LogP contribution in [0.15, 0.2) is 64.0 Å². The molecule has 8 heteroatoms. The second-order valence-corrected chi connectivity index (χ2v) is 9.11. The summed E-state index contributed by atoms with van der Waals surface area (Å²) in [7, 11) is -3.56. The van der Waals surface area contributed by atoms with Crippen molar-refractivity contribution in [1.82, 2.24) is 10.0 Å². The number of carbonyl (C=O) groups is 1. The molecule has 2 rings (SSSR count). The molecule has 0 atom stereocenters. The third-order valence-electron chi connectivity index (χ3n) is 3.13. The number of thioether (sulfide) groups is 1. The van der Waals surface area contributed by atoms with E-state index < -0.39 is 10.0 Å². The molecule has 0 heterocycles. The smallest absolute Gasteiger partial charge is 0.235 e. The van der Waals surface area contributed by atoms with Crippen molar-refractivity contribution in [3.63, 3.8) is 0 Å². The fraction of sp³-hybridized carbons (Fsp3) is 0.235. The first-order valence-corrected chi connectivity index (χ1v) is 11.0. The van der Waals surface area contributed by atoms with Gasteiger partial charge < -0.3 is 5.32 Å². The molecule has 0 radical (unpaired) electrons. The monoisotopic (exact) mass is 442 g/mol. The molecule has 2 N–H and O–H groups in total. The van der Waals surface area contributed by atoms with Gasteiger partial charge in [-0.2, -0.15) is 0 Å². The molecule has 0 bridgehead atoms. The molecule has 5 nitrogen and oxygen atoms in total. The lowest BCUT2D eigenvalue weighted by Gasteiger charge is -2.08. The predicted molar refractivity (Wildman–Crippen MR) is 105 cm³/mol. The number of halogens is 1. The standard InChI is InChI=1S/C17H19BrN2O3S2/c18-15-6-4-5-14(11-15)13-25(22,23)20-12-17(21)19-9-10-24-16-7-2-1-3-8-16/h1-8,11,20H,9-10,12-13H2,(H,19,21). The van der Waals surface area contributed by atoms with Gasteiger partial charge in [0.05, 0.1) is 12.3 Å². The Morgan fingerprint density at radius 2 is 1.84 bits per heavy atom. The van der Waals surface area contributed by atoms with Crippen molar-refractivity contribution in [1.29, 1.82) is 0 Å². The Labute approximate surface area is 160 Å². The minimum atomic E-state index is -3.56. The largest absolute Gasteiger partial charge is 0.354 e. The van der Waals surface area contributed by atoms with E-state index in [-0.39, 0.29) is 18.2 Å². The van der Waals surface area contributed by atoms with Crippen LogP contribution in [0.5, 0.6) is 0 Å². The highest BCUT2D eigenvalue weighted by molar-refractivity contribution is 9.10. The van der Waals surface area contributed by atoms with Crippen LogP contribution in [0, 0.1) is 0 Å². The Balaban J connectivity index is 1.68. The first-order valence-electron chi connectivity index (χ1n) is 7.61. The number of carbonyl (C=O) groups excluding carboxylic acids is 1. The van der Waals surface area contributed by atoms with Gasteiger partial charge in [0.2, 0.25) is 15.9 Å². The Morgan fingerprint density at radius 3 is 2.56 bits per heavy atom. The van der Waals surface area contributed by atoms with E-state index in [4.69, 9.17) is 0 Å². The lowest BCUT2D eigenvalue weighted by molar-refractivity contribution is -0.119. The lowest BCUT2D eigenvalue weighted by Crippen LogP contribution is -2.38. The van der Waals surface area contributed by atoms with E-state index in [1.165, 1.54) is 0 Å². The van der Waals surface area contributed by atoms with Gasteiger partial charge in [0.15, 0.2) is 0 Å². The average Bonchev–Trinajstić information content (AvgIpc) is 2.58. The first-order chi connectivity index (χ1) is 11.9. The number of sulfonamides is 1. The van der Waals surface area contributed by atoms with Crippen molar-refractivity contribution < 1.29 is 13.2 Å². The fourth-order valence-electron chi connectivity index (χ4n) is 2.01. The number of nitrogens with one attached hydrogen (secondary N) is 2. The molecule has 0 unspecified atom stereocenters. The van der Waals surface area contributed by atoms with Crippen LogP contribution in [-0.4, -0.2) is 33.2 Å². The van der Waals surface area contributed by atoms with Crippen molar-refractivity contribution in [2.45, 2.75) is 10.6 Å². The zero-order valence-electron chi connectivity index (χ0n) is 13.4. The van der Waals surface area contributed by atoms with Crippen molar-refractivity contribution in [2.75, 3.05) is 18.8 Å². The summed E-state index contributed by atoms with van der Waals surface area (Å²) in [5.41, 5.74) is 0.654. The summed E-state index contributed by atoms with van der Waals surface area (Å²) in [6, 6.07) is 16.9. The quantitative estimate of drug-likeness (QED) is 0.462. The van der Waals surface area contributed by atoms with Crippen LogP contribution in [0.25, 0.3) is 0 Å². The number of benzene rings is 2. The summed E-state index contributed by atoms with van der Waals surface area (Å²) >= 11 is 4.93. The highest BCUT2D eigenvalue weighted by Crippen LogP contribution is 2.15. The molecule has 134 valence electrons. The van der Waals surface area contributed by atoms with Crippen molar-refractivity contribution in [3.8, 4) is 0 Å². The van der Waals surface area contributed by atoms with Gasteiger partial charge >= 0.3 is 0 Å². The number of rotatable bonds is 9. The topological polar surface area (TPSA) is 75.3 Å². The van der Waals surface area contributed by atoms with E-state index in [1.807, 2.05) is 36.4 Å². The number of amides is 1. The van der Waals surface area contributed by atoms with Gasteiger partial charge in [0.1, 0.15) is 0 Å². The number of hydrogen-bond acceptors (Lipinski definition) is 4. The van der Waals surface area contributed by atoms with Crippen molar-refractivity contribution in [3.05, 3.63) is 64.6 Å². The molecule has 0 aliphatic carbocycles. The average molecular weight is 443 g/mol. The maximum absolute atomic E-state index is 12.0. The fourth-order valence-corrected chi connectivity index (χ4v) is 4.32. The van der Waals surface area contributed by atoms with E-state index >= 15 is 0 Å². The Kier molecular flexibility index (Phi) is 7.95. The van der Waals surface area contributed by atoms with Crippen LogP contribution >= 0.6 is 27.7 Å². The van der Waals surface area contributed by atoms with E-state index in [1.54, 1.807) is 30.0 Å². The highest BCUT2D eigenvalue weighted by atomic mass is 79.9. The summed E-state index contributed by atoms with van der Waals surface area (Å²) < 4.78 is 27.2. The summed E-state index contributed by atoms with van der Waals surface area (Å²) in [5, 5.41) is 2.70. The summed E-state index contributed by atoms with van der Waals surface area (Å²) in [6.45, 7) is 0.220. The van der Waals surface area contributed by atoms with Crippen LogP contribution in [0.2, 0.25) is 0 Å². The zero-order chi connectivity index (χ0) is 18.1. The van der Waals surface area contributed by atoms with E-state index in [0.29, 0.717) is 12.1 Å².